The number of nitrogens with zero attached hydrogens (tertiary/aromatic N) is 2. The maximum Gasteiger partial charge on any atom is 0.248 e. The number of likely N-dealkylation sites (N-methyl/N-ethyl adjacent to an activating group) is 1. The van der Waals surface area contributed by atoms with E-state index < -0.39 is 27.3 Å². The van der Waals surface area contributed by atoms with Crippen LogP contribution in [-0.4, -0.2) is 75.6 Å². The topological polar surface area (TPSA) is 76.2 Å². The van der Waals surface area contributed by atoms with Crippen LogP contribution in [0.15, 0.2) is 23.1 Å². The number of benzene rings is 1. The molecule has 2 heterocycles. The molecule has 0 N–H and O–H groups in total. The molecule has 1 atom stereocenters. The lowest BCUT2D eigenvalue weighted by atomic mass is 9.84. The Morgan fingerprint density at radius 2 is 1.97 bits per heavy atom. The number of halogens is 2. The Morgan fingerprint density at radius 1 is 1.28 bits per heavy atom. The third kappa shape index (κ3) is 4.93. The zero-order valence-corrected chi connectivity index (χ0v) is 17.4. The molecule has 162 valence electrons. The molecule has 2 aliphatic heterocycles. The van der Waals surface area contributed by atoms with E-state index >= 15 is 0 Å². The van der Waals surface area contributed by atoms with E-state index in [0.29, 0.717) is 38.4 Å². The van der Waals surface area contributed by atoms with Gasteiger partial charge in [-0.3, -0.25) is 4.79 Å². The van der Waals surface area contributed by atoms with Crippen LogP contribution < -0.4 is 0 Å². The molecular formula is C19H26F2N2O5S. The predicted molar refractivity (Wildman–Crippen MR) is 101 cm³/mol. The minimum atomic E-state index is -3.91. The summed E-state index contributed by atoms with van der Waals surface area (Å²) in [6.07, 6.45) is 2.09. The van der Waals surface area contributed by atoms with Gasteiger partial charge in [0.25, 0.3) is 0 Å². The Kier molecular flexibility index (Phi) is 6.57. The van der Waals surface area contributed by atoms with E-state index in [0.717, 1.165) is 12.1 Å². The van der Waals surface area contributed by atoms with Crippen molar-refractivity contribution in [1.29, 1.82) is 0 Å². The van der Waals surface area contributed by atoms with Gasteiger partial charge in [-0.1, -0.05) is 0 Å². The highest BCUT2D eigenvalue weighted by Crippen LogP contribution is 2.37. The standard InChI is InChI=1S/C19H26F2N2O5S/c1-22(2)18(24)13-27-14-5-10-28-19(12-14)6-8-23(9-7-19)29(25,26)15-3-4-16(20)17(21)11-15/h3-4,11,14H,5-10,12-13H2,1-2H3. The number of amides is 1. The fraction of sp³-hybridized carbons (Fsp3) is 0.632. The average Bonchev–Trinajstić information content (AvgIpc) is 2.68. The molecule has 0 saturated carbocycles. The summed E-state index contributed by atoms with van der Waals surface area (Å²) in [7, 11) is -0.577. The van der Waals surface area contributed by atoms with Gasteiger partial charge in [0.05, 0.1) is 16.6 Å². The number of hydrogen-bond acceptors (Lipinski definition) is 5. The van der Waals surface area contributed by atoms with Gasteiger partial charge in [0.2, 0.25) is 15.9 Å². The van der Waals surface area contributed by atoms with E-state index in [1.165, 1.54) is 9.21 Å². The molecule has 0 radical (unpaired) electrons. The Bertz CT molecular complexity index is 854. The van der Waals surface area contributed by atoms with Crippen LogP contribution in [0, 0.1) is 11.6 Å². The third-order valence-corrected chi connectivity index (χ3v) is 7.45. The van der Waals surface area contributed by atoms with Crippen molar-refractivity contribution in [2.24, 2.45) is 0 Å². The van der Waals surface area contributed by atoms with Crippen LogP contribution in [0.1, 0.15) is 25.7 Å². The monoisotopic (exact) mass is 432 g/mol. The second kappa shape index (κ2) is 8.63. The Morgan fingerprint density at radius 3 is 2.59 bits per heavy atom. The van der Waals surface area contributed by atoms with Crippen LogP contribution in [0.3, 0.4) is 0 Å². The van der Waals surface area contributed by atoms with Crippen molar-refractivity contribution >= 4 is 15.9 Å². The van der Waals surface area contributed by atoms with E-state index in [1.807, 2.05) is 0 Å². The summed E-state index contributed by atoms with van der Waals surface area (Å²) in [5, 5.41) is 0. The molecule has 2 saturated heterocycles. The average molecular weight is 432 g/mol. The predicted octanol–water partition coefficient (Wildman–Crippen LogP) is 1.77. The zero-order valence-electron chi connectivity index (χ0n) is 16.6. The molecule has 1 spiro atoms. The van der Waals surface area contributed by atoms with Gasteiger partial charge in [0, 0.05) is 40.2 Å². The van der Waals surface area contributed by atoms with Gasteiger partial charge in [-0.05, 0) is 37.5 Å². The number of rotatable bonds is 5. The van der Waals surface area contributed by atoms with Gasteiger partial charge in [-0.25, -0.2) is 17.2 Å². The fourth-order valence-electron chi connectivity index (χ4n) is 3.71. The highest BCUT2D eigenvalue weighted by Gasteiger charge is 2.43. The van der Waals surface area contributed by atoms with Crippen molar-refractivity contribution in [3.8, 4) is 0 Å². The first kappa shape index (κ1) is 22.1. The molecule has 0 aromatic heterocycles. The van der Waals surface area contributed by atoms with E-state index in [9.17, 15) is 22.0 Å². The van der Waals surface area contributed by atoms with Crippen molar-refractivity contribution in [2.45, 2.75) is 42.3 Å². The molecule has 2 aliphatic rings. The quantitative estimate of drug-likeness (QED) is 0.709. The van der Waals surface area contributed by atoms with E-state index in [-0.39, 0.29) is 36.6 Å². The Balaban J connectivity index is 1.61. The lowest BCUT2D eigenvalue weighted by Gasteiger charge is -2.45. The third-order valence-electron chi connectivity index (χ3n) is 5.55. The summed E-state index contributed by atoms with van der Waals surface area (Å²) < 4.78 is 65.1. The summed E-state index contributed by atoms with van der Waals surface area (Å²) in [6.45, 7) is 0.913. The normalized spacial score (nSPS) is 22.6. The van der Waals surface area contributed by atoms with Crippen LogP contribution in [0.5, 0.6) is 0 Å². The minimum Gasteiger partial charge on any atom is -0.375 e. The first-order valence-electron chi connectivity index (χ1n) is 9.54. The summed E-state index contributed by atoms with van der Waals surface area (Å²) in [4.78, 5) is 12.9. The number of carbonyl (C=O) groups excluding carboxylic acids is 1. The largest absolute Gasteiger partial charge is 0.375 e. The van der Waals surface area contributed by atoms with Crippen molar-refractivity contribution < 1.29 is 31.5 Å². The van der Waals surface area contributed by atoms with E-state index in [1.54, 1.807) is 14.1 Å². The maximum absolute atomic E-state index is 13.5. The minimum absolute atomic E-state index is 0.00435. The summed E-state index contributed by atoms with van der Waals surface area (Å²) in [5.41, 5.74) is -0.496. The van der Waals surface area contributed by atoms with Gasteiger partial charge < -0.3 is 14.4 Å². The fourth-order valence-corrected chi connectivity index (χ4v) is 5.17. The van der Waals surface area contributed by atoms with Crippen molar-refractivity contribution in [3.05, 3.63) is 29.8 Å². The van der Waals surface area contributed by atoms with E-state index in [4.69, 9.17) is 9.47 Å². The molecule has 1 unspecified atom stereocenters. The highest BCUT2D eigenvalue weighted by molar-refractivity contribution is 7.89. The first-order chi connectivity index (χ1) is 13.6. The molecule has 29 heavy (non-hydrogen) atoms. The smallest absolute Gasteiger partial charge is 0.248 e. The van der Waals surface area contributed by atoms with E-state index in [2.05, 4.69) is 0 Å². The summed E-state index contributed by atoms with van der Waals surface area (Å²) >= 11 is 0. The van der Waals surface area contributed by atoms with Crippen LogP contribution in [-0.2, 0) is 24.3 Å². The number of piperidine rings is 1. The van der Waals surface area contributed by atoms with Crippen molar-refractivity contribution in [3.63, 3.8) is 0 Å². The highest BCUT2D eigenvalue weighted by atomic mass is 32.2. The van der Waals surface area contributed by atoms with Crippen molar-refractivity contribution in [2.75, 3.05) is 40.4 Å². The van der Waals surface area contributed by atoms with Crippen LogP contribution >= 0.6 is 0 Å². The number of carbonyl (C=O) groups is 1. The number of ether oxygens (including phenoxy) is 2. The van der Waals surface area contributed by atoms with Gasteiger partial charge in [0.15, 0.2) is 11.6 Å². The lowest BCUT2D eigenvalue weighted by Crippen LogP contribution is -2.52. The number of sulfonamides is 1. The van der Waals surface area contributed by atoms with Gasteiger partial charge in [-0.2, -0.15) is 4.31 Å². The molecular weight excluding hydrogens is 406 g/mol. The molecule has 0 bridgehead atoms. The summed E-state index contributed by atoms with van der Waals surface area (Å²) in [6, 6.07) is 2.59. The van der Waals surface area contributed by atoms with Crippen LogP contribution in [0.25, 0.3) is 0 Å². The molecule has 1 aromatic carbocycles. The van der Waals surface area contributed by atoms with Gasteiger partial charge >= 0.3 is 0 Å². The van der Waals surface area contributed by atoms with Crippen LogP contribution in [0.4, 0.5) is 8.78 Å². The van der Waals surface area contributed by atoms with Crippen LogP contribution in [0.2, 0.25) is 0 Å². The second-order valence-electron chi connectivity index (χ2n) is 7.73. The van der Waals surface area contributed by atoms with Crippen molar-refractivity contribution in [1.82, 2.24) is 9.21 Å². The lowest BCUT2D eigenvalue weighted by molar-refractivity contribution is -0.159. The molecule has 2 fully saturated rings. The SMILES string of the molecule is CN(C)C(=O)COC1CCOC2(CCN(S(=O)(=O)c3ccc(F)c(F)c3)CC2)C1. The molecule has 3 rings (SSSR count). The molecule has 1 aromatic rings. The molecule has 1 amide bonds. The Hall–Kier alpha value is -1.62. The Labute approximate surface area is 169 Å². The molecule has 10 heteroatoms. The van der Waals surface area contributed by atoms with Gasteiger partial charge in [-0.15, -0.1) is 0 Å². The maximum atomic E-state index is 13.5. The number of hydrogen-bond donors (Lipinski definition) is 0. The first-order valence-corrected chi connectivity index (χ1v) is 11.0. The summed E-state index contributed by atoms with van der Waals surface area (Å²) in [5.74, 6) is -2.39. The molecule has 7 nitrogen and oxygen atoms in total. The second-order valence-corrected chi connectivity index (χ2v) is 9.66. The van der Waals surface area contributed by atoms with Gasteiger partial charge in [0.1, 0.15) is 6.61 Å². The molecule has 0 aliphatic carbocycles. The zero-order chi connectivity index (χ0) is 21.2.